The monoisotopic (exact) mass is 433 g/mol. The predicted octanol–water partition coefficient (Wildman–Crippen LogP) is 3.90. The Morgan fingerprint density at radius 1 is 1.26 bits per heavy atom. The van der Waals surface area contributed by atoms with Crippen molar-refractivity contribution in [2.45, 2.75) is 46.8 Å². The average molecular weight is 433 g/mol. The Hall–Kier alpha value is -0.820. The van der Waals surface area contributed by atoms with Gasteiger partial charge >= 0.3 is 0 Å². The second kappa shape index (κ2) is 10.1. The third-order valence-electron chi connectivity index (χ3n) is 3.94. The van der Waals surface area contributed by atoms with Gasteiger partial charge in [0.1, 0.15) is 0 Å². The number of nitrogens with one attached hydrogen (secondary N) is 2. The molecule has 0 aromatic heterocycles. The van der Waals surface area contributed by atoms with E-state index in [0.717, 1.165) is 12.5 Å². The zero-order chi connectivity index (χ0) is 16.8. The van der Waals surface area contributed by atoms with Gasteiger partial charge in [-0.25, -0.2) is 0 Å². The quantitative estimate of drug-likeness (QED) is 0.421. The van der Waals surface area contributed by atoms with Gasteiger partial charge in [0.2, 0.25) is 0 Å². The van der Waals surface area contributed by atoms with Crippen molar-refractivity contribution in [3.05, 3.63) is 35.4 Å². The predicted molar refractivity (Wildman–Crippen MR) is 110 cm³/mol. The van der Waals surface area contributed by atoms with Crippen LogP contribution in [0.3, 0.4) is 0 Å². The van der Waals surface area contributed by atoms with Crippen LogP contribution >= 0.6 is 24.0 Å². The van der Waals surface area contributed by atoms with E-state index in [-0.39, 0.29) is 41.5 Å². The minimum absolute atomic E-state index is 0. The number of nitrogens with zero attached hydrogens (tertiary/aromatic N) is 1. The molecular weight excluding hydrogens is 401 g/mol. The van der Waals surface area contributed by atoms with Gasteiger partial charge in [-0.2, -0.15) is 0 Å². The fourth-order valence-corrected chi connectivity index (χ4v) is 2.48. The number of rotatable bonds is 5. The SMILES string of the molecule is CN=C(NCC(OC)C(C)(C)C)NC(C)c1ccccc1C.I. The average Bonchev–Trinajstić information content (AvgIpc) is 2.45. The maximum absolute atomic E-state index is 5.57. The molecule has 0 aliphatic rings. The molecule has 0 bridgehead atoms. The van der Waals surface area contributed by atoms with Gasteiger partial charge in [-0.05, 0) is 30.4 Å². The molecule has 2 unspecified atom stereocenters. The zero-order valence-electron chi connectivity index (χ0n) is 15.4. The number of ether oxygens (including phenoxy) is 1. The molecule has 1 aromatic carbocycles. The summed E-state index contributed by atoms with van der Waals surface area (Å²) < 4.78 is 5.57. The number of aryl methyl sites for hydroxylation is 1. The van der Waals surface area contributed by atoms with Crippen LogP contribution in [-0.2, 0) is 4.74 Å². The van der Waals surface area contributed by atoms with Crippen LogP contribution in [0, 0.1) is 12.3 Å². The highest BCUT2D eigenvalue weighted by atomic mass is 127. The van der Waals surface area contributed by atoms with E-state index in [1.165, 1.54) is 11.1 Å². The van der Waals surface area contributed by atoms with Crippen LogP contribution in [0.2, 0.25) is 0 Å². The third kappa shape index (κ3) is 7.08. The molecule has 0 aliphatic heterocycles. The summed E-state index contributed by atoms with van der Waals surface area (Å²) >= 11 is 0. The topological polar surface area (TPSA) is 45.7 Å². The van der Waals surface area contributed by atoms with Crippen molar-refractivity contribution in [3.8, 4) is 0 Å². The van der Waals surface area contributed by atoms with Gasteiger partial charge in [0.15, 0.2) is 5.96 Å². The van der Waals surface area contributed by atoms with E-state index >= 15 is 0 Å². The minimum atomic E-state index is 0. The van der Waals surface area contributed by atoms with Crippen molar-refractivity contribution >= 4 is 29.9 Å². The fraction of sp³-hybridized carbons (Fsp3) is 0.611. The van der Waals surface area contributed by atoms with Crippen molar-refractivity contribution in [3.63, 3.8) is 0 Å². The smallest absolute Gasteiger partial charge is 0.191 e. The zero-order valence-corrected chi connectivity index (χ0v) is 17.8. The van der Waals surface area contributed by atoms with Crippen LogP contribution in [0.15, 0.2) is 29.3 Å². The first-order chi connectivity index (χ1) is 10.3. The standard InChI is InChI=1S/C18H31N3O.HI/c1-13-10-8-9-11-15(13)14(2)21-17(19-6)20-12-16(22-7)18(3,4)5;/h8-11,14,16H,12H2,1-7H3,(H2,19,20,21);1H. The second-order valence-corrected chi connectivity index (χ2v) is 6.77. The maximum Gasteiger partial charge on any atom is 0.191 e. The molecule has 0 saturated heterocycles. The van der Waals surface area contributed by atoms with Crippen LogP contribution in [-0.4, -0.2) is 32.8 Å². The molecule has 2 N–H and O–H groups in total. The van der Waals surface area contributed by atoms with Gasteiger partial charge in [0.25, 0.3) is 0 Å². The Morgan fingerprint density at radius 3 is 2.35 bits per heavy atom. The Kier molecular flexibility index (Phi) is 9.77. The van der Waals surface area contributed by atoms with Crippen molar-refractivity contribution in [2.75, 3.05) is 20.7 Å². The lowest BCUT2D eigenvalue weighted by atomic mass is 9.89. The maximum atomic E-state index is 5.57. The number of aliphatic imine (C=N–C) groups is 1. The van der Waals surface area contributed by atoms with Crippen LogP contribution in [0.5, 0.6) is 0 Å². The Morgan fingerprint density at radius 2 is 1.87 bits per heavy atom. The first-order valence-corrected chi connectivity index (χ1v) is 7.85. The molecule has 1 aromatic rings. The Bertz CT molecular complexity index is 497. The molecule has 0 radical (unpaired) electrons. The van der Waals surface area contributed by atoms with Gasteiger partial charge in [-0.15, -0.1) is 24.0 Å². The lowest BCUT2D eigenvalue weighted by Gasteiger charge is -2.30. The number of benzene rings is 1. The van der Waals surface area contributed by atoms with Crippen LogP contribution in [0.4, 0.5) is 0 Å². The van der Waals surface area contributed by atoms with E-state index < -0.39 is 0 Å². The number of guanidine groups is 1. The van der Waals surface area contributed by atoms with Gasteiger partial charge in [0.05, 0.1) is 12.1 Å². The summed E-state index contributed by atoms with van der Waals surface area (Å²) in [6, 6.07) is 8.60. The van der Waals surface area contributed by atoms with Crippen molar-refractivity contribution in [1.82, 2.24) is 10.6 Å². The fourth-order valence-electron chi connectivity index (χ4n) is 2.48. The second-order valence-electron chi connectivity index (χ2n) is 6.77. The highest BCUT2D eigenvalue weighted by Gasteiger charge is 2.24. The summed E-state index contributed by atoms with van der Waals surface area (Å²) in [4.78, 5) is 4.31. The Balaban J connectivity index is 0.00000484. The third-order valence-corrected chi connectivity index (χ3v) is 3.94. The molecule has 0 amide bonds. The molecule has 0 fully saturated rings. The van der Waals surface area contributed by atoms with Gasteiger partial charge in [-0.1, -0.05) is 45.0 Å². The number of hydrogen-bond acceptors (Lipinski definition) is 2. The summed E-state index contributed by atoms with van der Waals surface area (Å²) in [6.07, 6.45) is 0.125. The molecule has 0 spiro atoms. The summed E-state index contributed by atoms with van der Waals surface area (Å²) in [7, 11) is 3.54. The van der Waals surface area contributed by atoms with Crippen molar-refractivity contribution < 1.29 is 4.74 Å². The largest absolute Gasteiger partial charge is 0.379 e. The molecule has 0 saturated carbocycles. The molecule has 1 rings (SSSR count). The molecule has 2 atom stereocenters. The first-order valence-electron chi connectivity index (χ1n) is 7.85. The van der Waals surface area contributed by atoms with Crippen molar-refractivity contribution in [2.24, 2.45) is 10.4 Å². The molecule has 4 nitrogen and oxygen atoms in total. The summed E-state index contributed by atoms with van der Waals surface area (Å²) in [5.41, 5.74) is 2.65. The minimum Gasteiger partial charge on any atom is -0.379 e. The molecule has 0 aliphatic carbocycles. The summed E-state index contributed by atoms with van der Waals surface area (Å²) in [5, 5.41) is 6.80. The van der Waals surface area contributed by atoms with E-state index in [1.807, 2.05) is 0 Å². The van der Waals surface area contributed by atoms with E-state index in [2.05, 4.69) is 74.5 Å². The van der Waals surface area contributed by atoms with E-state index in [9.17, 15) is 0 Å². The normalized spacial score (nSPS) is 14.7. The van der Waals surface area contributed by atoms with Gasteiger partial charge in [-0.3, -0.25) is 4.99 Å². The van der Waals surface area contributed by atoms with Gasteiger partial charge < -0.3 is 15.4 Å². The highest BCUT2D eigenvalue weighted by molar-refractivity contribution is 14.0. The summed E-state index contributed by atoms with van der Waals surface area (Å²) in [6.45, 7) is 11.5. The van der Waals surface area contributed by atoms with Crippen LogP contribution in [0.1, 0.15) is 44.9 Å². The van der Waals surface area contributed by atoms with Crippen LogP contribution in [0.25, 0.3) is 0 Å². The van der Waals surface area contributed by atoms with E-state index in [1.54, 1.807) is 14.2 Å². The number of methoxy groups -OCH3 is 1. The molecule has 132 valence electrons. The number of halogens is 1. The summed E-state index contributed by atoms with van der Waals surface area (Å²) in [5.74, 6) is 0.794. The molecular formula is C18H32IN3O. The lowest BCUT2D eigenvalue weighted by Crippen LogP contribution is -2.45. The van der Waals surface area contributed by atoms with Crippen LogP contribution < -0.4 is 10.6 Å². The number of hydrogen-bond donors (Lipinski definition) is 2. The molecule has 5 heteroatoms. The molecule has 0 heterocycles. The highest BCUT2D eigenvalue weighted by Crippen LogP contribution is 2.21. The van der Waals surface area contributed by atoms with Crippen molar-refractivity contribution in [1.29, 1.82) is 0 Å². The lowest BCUT2D eigenvalue weighted by molar-refractivity contribution is 0.0205. The first kappa shape index (κ1) is 22.2. The Labute approximate surface area is 158 Å². The van der Waals surface area contributed by atoms with Gasteiger partial charge in [0, 0.05) is 20.7 Å². The van der Waals surface area contributed by atoms with E-state index in [4.69, 9.17) is 4.74 Å². The molecule has 23 heavy (non-hydrogen) atoms. The van der Waals surface area contributed by atoms with E-state index in [0.29, 0.717) is 0 Å².